The van der Waals surface area contributed by atoms with E-state index in [4.69, 9.17) is 5.26 Å². The molecule has 0 unspecified atom stereocenters. The first-order chi connectivity index (χ1) is 9.38. The molecule has 5 nitrogen and oxygen atoms in total. The first-order valence-electron chi connectivity index (χ1n) is 6.46. The van der Waals surface area contributed by atoms with E-state index in [1.165, 1.54) is 0 Å². The van der Waals surface area contributed by atoms with Crippen molar-refractivity contribution in [2.75, 3.05) is 18.0 Å². The molecule has 0 aliphatic carbocycles. The molecular formula is C14H15N5. The summed E-state index contributed by atoms with van der Waals surface area (Å²) in [6.07, 6.45) is 9.57. The lowest BCUT2D eigenvalue weighted by molar-refractivity contribution is 0.394. The van der Waals surface area contributed by atoms with Gasteiger partial charge in [-0.15, -0.1) is 0 Å². The summed E-state index contributed by atoms with van der Waals surface area (Å²) >= 11 is 0. The van der Waals surface area contributed by atoms with Gasteiger partial charge in [-0.25, -0.2) is 9.97 Å². The summed E-state index contributed by atoms with van der Waals surface area (Å²) < 4.78 is 2.17. The zero-order chi connectivity index (χ0) is 13.1. The third kappa shape index (κ3) is 2.29. The van der Waals surface area contributed by atoms with Crippen LogP contribution >= 0.6 is 0 Å². The normalized spacial score (nSPS) is 16.3. The minimum atomic E-state index is 0.507. The molecule has 0 spiro atoms. The number of nitrogens with zero attached hydrogens (tertiary/aromatic N) is 5. The molecule has 0 saturated carbocycles. The molecule has 2 aromatic rings. The summed E-state index contributed by atoms with van der Waals surface area (Å²) in [5, 5.41) is 9.12. The van der Waals surface area contributed by atoms with Gasteiger partial charge in [-0.2, -0.15) is 5.26 Å². The predicted octanol–water partition coefficient (Wildman–Crippen LogP) is 1.99. The summed E-state index contributed by atoms with van der Waals surface area (Å²) in [7, 11) is 0. The number of pyridine rings is 1. The third-order valence-electron chi connectivity index (χ3n) is 3.62. The molecule has 0 radical (unpaired) electrons. The van der Waals surface area contributed by atoms with E-state index in [1.807, 2.05) is 24.8 Å². The number of nitriles is 1. The van der Waals surface area contributed by atoms with Crippen LogP contribution in [-0.4, -0.2) is 27.6 Å². The lowest BCUT2D eigenvalue weighted by atomic mass is 10.0. The Morgan fingerprint density at radius 1 is 1.26 bits per heavy atom. The molecule has 0 amide bonds. The van der Waals surface area contributed by atoms with E-state index < -0.39 is 0 Å². The molecule has 0 aromatic carbocycles. The number of rotatable bonds is 2. The Bertz CT molecular complexity index is 576. The number of hydrogen-bond acceptors (Lipinski definition) is 4. The van der Waals surface area contributed by atoms with Crippen molar-refractivity contribution in [1.29, 1.82) is 5.26 Å². The summed E-state index contributed by atoms with van der Waals surface area (Å²) in [5.41, 5.74) is 0.656. The second-order valence-corrected chi connectivity index (χ2v) is 4.71. The minimum Gasteiger partial charge on any atom is -0.355 e. The Hall–Kier alpha value is -2.35. The van der Waals surface area contributed by atoms with E-state index in [1.54, 1.807) is 12.3 Å². The van der Waals surface area contributed by atoms with Crippen LogP contribution in [0.25, 0.3) is 0 Å². The van der Waals surface area contributed by atoms with Gasteiger partial charge in [0.25, 0.3) is 0 Å². The van der Waals surface area contributed by atoms with Crippen LogP contribution in [0.5, 0.6) is 0 Å². The summed E-state index contributed by atoms with van der Waals surface area (Å²) in [5.74, 6) is 0.814. The lowest BCUT2D eigenvalue weighted by Gasteiger charge is -2.33. The van der Waals surface area contributed by atoms with Crippen LogP contribution in [0.3, 0.4) is 0 Å². The molecule has 0 bridgehead atoms. The number of piperidine rings is 1. The standard InChI is InChI=1S/C14H15N5/c15-10-12-2-1-5-17-14(12)18-7-3-13(4-8-18)19-9-6-16-11-19/h1-2,5-6,9,11,13H,3-4,7-8H2. The van der Waals surface area contributed by atoms with Gasteiger partial charge >= 0.3 is 0 Å². The van der Waals surface area contributed by atoms with E-state index in [-0.39, 0.29) is 0 Å². The SMILES string of the molecule is N#Cc1cccnc1N1CCC(n2ccnc2)CC1. The monoisotopic (exact) mass is 253 g/mol. The lowest BCUT2D eigenvalue weighted by Crippen LogP contribution is -2.35. The second-order valence-electron chi connectivity index (χ2n) is 4.71. The van der Waals surface area contributed by atoms with Crippen LogP contribution < -0.4 is 4.90 Å². The predicted molar refractivity (Wildman–Crippen MR) is 71.7 cm³/mol. The van der Waals surface area contributed by atoms with Crippen LogP contribution in [0, 0.1) is 11.3 Å². The average Bonchev–Trinajstić information content (AvgIpc) is 3.02. The maximum absolute atomic E-state index is 9.12. The van der Waals surface area contributed by atoms with Crippen molar-refractivity contribution < 1.29 is 0 Å². The van der Waals surface area contributed by atoms with Gasteiger partial charge in [0.1, 0.15) is 11.9 Å². The van der Waals surface area contributed by atoms with Gasteiger partial charge in [0.2, 0.25) is 0 Å². The zero-order valence-corrected chi connectivity index (χ0v) is 10.6. The van der Waals surface area contributed by atoms with Crippen molar-refractivity contribution in [3.05, 3.63) is 42.6 Å². The topological polar surface area (TPSA) is 57.7 Å². The van der Waals surface area contributed by atoms with Crippen LogP contribution in [0.15, 0.2) is 37.1 Å². The van der Waals surface area contributed by atoms with Crippen molar-refractivity contribution in [3.8, 4) is 6.07 Å². The van der Waals surface area contributed by atoms with E-state index in [9.17, 15) is 0 Å². The molecule has 0 N–H and O–H groups in total. The smallest absolute Gasteiger partial charge is 0.146 e. The average molecular weight is 253 g/mol. The fourth-order valence-electron chi connectivity index (χ4n) is 2.60. The van der Waals surface area contributed by atoms with Gasteiger partial charge in [-0.1, -0.05) is 0 Å². The van der Waals surface area contributed by atoms with Crippen LogP contribution in [0.1, 0.15) is 24.4 Å². The Morgan fingerprint density at radius 3 is 2.79 bits per heavy atom. The molecule has 5 heteroatoms. The van der Waals surface area contributed by atoms with Crippen molar-refractivity contribution in [2.24, 2.45) is 0 Å². The number of aromatic nitrogens is 3. The van der Waals surface area contributed by atoms with Gasteiger partial charge < -0.3 is 9.47 Å². The molecule has 2 aromatic heterocycles. The maximum atomic E-state index is 9.12. The van der Waals surface area contributed by atoms with Gasteiger partial charge in [-0.3, -0.25) is 0 Å². The van der Waals surface area contributed by atoms with Crippen LogP contribution in [0.2, 0.25) is 0 Å². The van der Waals surface area contributed by atoms with Crippen molar-refractivity contribution >= 4 is 5.82 Å². The molecule has 3 rings (SSSR count). The van der Waals surface area contributed by atoms with Gasteiger partial charge in [0.15, 0.2) is 0 Å². The van der Waals surface area contributed by atoms with Crippen LogP contribution in [0.4, 0.5) is 5.82 Å². The van der Waals surface area contributed by atoms with Crippen molar-refractivity contribution in [3.63, 3.8) is 0 Å². The second kappa shape index (κ2) is 5.11. The Kier molecular flexibility index (Phi) is 3.15. The van der Waals surface area contributed by atoms with Gasteiger partial charge in [0, 0.05) is 37.7 Å². The fourth-order valence-corrected chi connectivity index (χ4v) is 2.60. The molecule has 1 fully saturated rings. The number of hydrogen-bond donors (Lipinski definition) is 0. The third-order valence-corrected chi connectivity index (χ3v) is 3.62. The molecule has 1 saturated heterocycles. The number of anilines is 1. The Morgan fingerprint density at radius 2 is 2.11 bits per heavy atom. The quantitative estimate of drug-likeness (QED) is 0.821. The van der Waals surface area contributed by atoms with E-state index in [2.05, 4.69) is 25.5 Å². The summed E-state index contributed by atoms with van der Waals surface area (Å²) in [4.78, 5) is 10.6. The highest BCUT2D eigenvalue weighted by Gasteiger charge is 2.22. The van der Waals surface area contributed by atoms with Gasteiger partial charge in [-0.05, 0) is 25.0 Å². The highest BCUT2D eigenvalue weighted by Crippen LogP contribution is 2.26. The molecule has 0 atom stereocenters. The van der Waals surface area contributed by atoms with E-state index in [0.717, 1.165) is 31.7 Å². The fraction of sp³-hybridized carbons (Fsp3) is 0.357. The number of imidazole rings is 1. The first-order valence-corrected chi connectivity index (χ1v) is 6.46. The van der Waals surface area contributed by atoms with E-state index in [0.29, 0.717) is 11.6 Å². The van der Waals surface area contributed by atoms with Crippen molar-refractivity contribution in [1.82, 2.24) is 14.5 Å². The van der Waals surface area contributed by atoms with Crippen LogP contribution in [-0.2, 0) is 0 Å². The molecule has 3 heterocycles. The zero-order valence-electron chi connectivity index (χ0n) is 10.6. The molecule has 96 valence electrons. The Balaban J connectivity index is 1.72. The molecule has 19 heavy (non-hydrogen) atoms. The summed E-state index contributed by atoms with van der Waals surface area (Å²) in [6.45, 7) is 1.85. The largest absolute Gasteiger partial charge is 0.355 e. The summed E-state index contributed by atoms with van der Waals surface area (Å²) in [6, 6.07) is 6.35. The van der Waals surface area contributed by atoms with Crippen molar-refractivity contribution in [2.45, 2.75) is 18.9 Å². The maximum Gasteiger partial charge on any atom is 0.146 e. The highest BCUT2D eigenvalue weighted by atomic mass is 15.2. The molecular weight excluding hydrogens is 238 g/mol. The molecule has 1 aliphatic heterocycles. The van der Waals surface area contributed by atoms with Gasteiger partial charge in [0.05, 0.1) is 11.9 Å². The highest BCUT2D eigenvalue weighted by molar-refractivity contribution is 5.53. The molecule has 1 aliphatic rings. The van der Waals surface area contributed by atoms with E-state index >= 15 is 0 Å². The Labute approximate surface area is 112 Å². The first kappa shape index (κ1) is 11.7. The minimum absolute atomic E-state index is 0.507.